The molecule has 1 rings (SSSR count). The van der Waals surface area contributed by atoms with Crippen molar-refractivity contribution in [1.82, 2.24) is 0 Å². The number of rotatable bonds is 5. The normalized spacial score (nSPS) is 12.9. The van der Waals surface area contributed by atoms with E-state index in [9.17, 15) is 5.11 Å². The SMILES string of the molecule is Cc1cc(C(O)CCO)ccc1OC(C)C. The molecule has 1 aromatic carbocycles. The Morgan fingerprint density at radius 2 is 2.00 bits per heavy atom. The van der Waals surface area contributed by atoms with Crippen LogP contribution in [0.1, 0.15) is 37.5 Å². The summed E-state index contributed by atoms with van der Waals surface area (Å²) in [4.78, 5) is 0. The van der Waals surface area contributed by atoms with Crippen LogP contribution < -0.4 is 4.74 Å². The standard InChI is InChI=1S/C13H20O3/c1-9(2)16-13-5-4-11(8-10(13)3)12(15)6-7-14/h4-5,8-9,12,14-15H,6-7H2,1-3H3. The summed E-state index contributed by atoms with van der Waals surface area (Å²) in [6, 6.07) is 5.61. The molecule has 0 spiro atoms. The predicted molar refractivity (Wildman–Crippen MR) is 63.6 cm³/mol. The van der Waals surface area contributed by atoms with E-state index in [1.165, 1.54) is 0 Å². The smallest absolute Gasteiger partial charge is 0.122 e. The van der Waals surface area contributed by atoms with E-state index >= 15 is 0 Å². The lowest BCUT2D eigenvalue weighted by molar-refractivity contribution is 0.134. The fourth-order valence-electron chi connectivity index (χ4n) is 1.55. The third-order valence-electron chi connectivity index (χ3n) is 2.35. The number of aliphatic hydroxyl groups is 2. The third-order valence-corrected chi connectivity index (χ3v) is 2.35. The average molecular weight is 224 g/mol. The van der Waals surface area contributed by atoms with Crippen LogP contribution in [0.25, 0.3) is 0 Å². The Morgan fingerprint density at radius 3 is 2.50 bits per heavy atom. The van der Waals surface area contributed by atoms with Crippen LogP contribution in [0.2, 0.25) is 0 Å². The molecule has 0 saturated heterocycles. The zero-order valence-electron chi connectivity index (χ0n) is 10.1. The van der Waals surface area contributed by atoms with Crippen LogP contribution in [0.15, 0.2) is 18.2 Å². The fraction of sp³-hybridized carbons (Fsp3) is 0.538. The molecule has 16 heavy (non-hydrogen) atoms. The molecule has 0 bridgehead atoms. The zero-order valence-corrected chi connectivity index (χ0v) is 10.1. The predicted octanol–water partition coefficient (Wildman–Crippen LogP) is 2.20. The Labute approximate surface area is 96.7 Å². The summed E-state index contributed by atoms with van der Waals surface area (Å²) in [5.41, 5.74) is 1.82. The van der Waals surface area contributed by atoms with Gasteiger partial charge in [0.2, 0.25) is 0 Å². The summed E-state index contributed by atoms with van der Waals surface area (Å²) < 4.78 is 5.61. The molecule has 3 nitrogen and oxygen atoms in total. The first-order chi connectivity index (χ1) is 7.54. The molecule has 1 aromatic rings. The summed E-state index contributed by atoms with van der Waals surface area (Å²) >= 11 is 0. The molecule has 0 amide bonds. The van der Waals surface area contributed by atoms with Gasteiger partial charge in [-0.2, -0.15) is 0 Å². The molecule has 0 aliphatic carbocycles. The minimum atomic E-state index is -0.600. The van der Waals surface area contributed by atoms with E-state index in [1.54, 1.807) is 0 Å². The second-order valence-corrected chi connectivity index (χ2v) is 4.22. The van der Waals surface area contributed by atoms with Gasteiger partial charge in [-0.1, -0.05) is 6.07 Å². The highest BCUT2D eigenvalue weighted by atomic mass is 16.5. The van der Waals surface area contributed by atoms with Crippen molar-refractivity contribution in [2.24, 2.45) is 0 Å². The average Bonchev–Trinajstić information content (AvgIpc) is 2.20. The topological polar surface area (TPSA) is 49.7 Å². The van der Waals surface area contributed by atoms with Crippen LogP contribution in [0.4, 0.5) is 0 Å². The molecular formula is C13H20O3. The number of ether oxygens (including phenoxy) is 1. The first-order valence-electron chi connectivity index (χ1n) is 5.60. The van der Waals surface area contributed by atoms with Crippen LogP contribution in [0.5, 0.6) is 5.75 Å². The highest BCUT2D eigenvalue weighted by Crippen LogP contribution is 2.24. The number of aliphatic hydroxyl groups excluding tert-OH is 2. The molecule has 0 aliphatic rings. The quantitative estimate of drug-likeness (QED) is 0.806. The van der Waals surface area contributed by atoms with E-state index < -0.39 is 6.10 Å². The minimum absolute atomic E-state index is 0.00946. The van der Waals surface area contributed by atoms with E-state index in [0.717, 1.165) is 16.9 Å². The van der Waals surface area contributed by atoms with Gasteiger partial charge in [0.15, 0.2) is 0 Å². The van der Waals surface area contributed by atoms with Crippen LogP contribution in [0.3, 0.4) is 0 Å². The minimum Gasteiger partial charge on any atom is -0.491 e. The molecule has 0 aliphatic heterocycles. The van der Waals surface area contributed by atoms with Crippen LogP contribution in [-0.2, 0) is 0 Å². The molecule has 0 saturated carbocycles. The van der Waals surface area contributed by atoms with Crippen molar-refractivity contribution in [2.75, 3.05) is 6.61 Å². The molecule has 2 N–H and O–H groups in total. The first-order valence-corrected chi connectivity index (χ1v) is 5.60. The van der Waals surface area contributed by atoms with E-state index in [2.05, 4.69) is 0 Å². The van der Waals surface area contributed by atoms with Crippen molar-refractivity contribution in [3.05, 3.63) is 29.3 Å². The van der Waals surface area contributed by atoms with E-state index in [-0.39, 0.29) is 12.7 Å². The van der Waals surface area contributed by atoms with Gasteiger partial charge >= 0.3 is 0 Å². The molecule has 0 heterocycles. The summed E-state index contributed by atoms with van der Waals surface area (Å²) in [5.74, 6) is 0.843. The van der Waals surface area contributed by atoms with Gasteiger partial charge in [0.1, 0.15) is 5.75 Å². The molecule has 1 atom stereocenters. The van der Waals surface area contributed by atoms with Crippen LogP contribution >= 0.6 is 0 Å². The molecule has 3 heteroatoms. The van der Waals surface area contributed by atoms with Gasteiger partial charge in [-0.3, -0.25) is 0 Å². The summed E-state index contributed by atoms with van der Waals surface area (Å²) in [6.07, 6.45) is -0.0900. The molecule has 0 radical (unpaired) electrons. The maximum atomic E-state index is 9.72. The van der Waals surface area contributed by atoms with Gasteiger partial charge in [-0.05, 0) is 44.0 Å². The molecule has 0 fully saturated rings. The fourth-order valence-corrected chi connectivity index (χ4v) is 1.55. The lowest BCUT2D eigenvalue weighted by Crippen LogP contribution is -2.07. The van der Waals surface area contributed by atoms with Gasteiger partial charge in [0.05, 0.1) is 12.2 Å². The number of hydrogen-bond acceptors (Lipinski definition) is 3. The van der Waals surface area contributed by atoms with Gasteiger partial charge < -0.3 is 14.9 Å². The molecule has 90 valence electrons. The molecular weight excluding hydrogens is 204 g/mol. The Bertz CT molecular complexity index is 334. The maximum absolute atomic E-state index is 9.72. The van der Waals surface area contributed by atoms with Crippen molar-refractivity contribution in [2.45, 2.75) is 39.4 Å². The zero-order chi connectivity index (χ0) is 12.1. The second-order valence-electron chi connectivity index (χ2n) is 4.22. The third kappa shape index (κ3) is 3.51. The number of hydrogen-bond donors (Lipinski definition) is 2. The van der Waals surface area contributed by atoms with E-state index in [1.807, 2.05) is 39.0 Å². The summed E-state index contributed by atoms with van der Waals surface area (Å²) in [7, 11) is 0. The Morgan fingerprint density at radius 1 is 1.31 bits per heavy atom. The Kier molecular flexibility index (Phi) is 4.77. The second kappa shape index (κ2) is 5.87. The monoisotopic (exact) mass is 224 g/mol. The van der Waals surface area contributed by atoms with Gasteiger partial charge in [-0.15, -0.1) is 0 Å². The van der Waals surface area contributed by atoms with E-state index in [0.29, 0.717) is 6.42 Å². The van der Waals surface area contributed by atoms with Crippen molar-refractivity contribution < 1.29 is 14.9 Å². The van der Waals surface area contributed by atoms with Crippen molar-refractivity contribution in [3.63, 3.8) is 0 Å². The van der Waals surface area contributed by atoms with Crippen molar-refractivity contribution >= 4 is 0 Å². The van der Waals surface area contributed by atoms with Gasteiger partial charge in [-0.25, -0.2) is 0 Å². The largest absolute Gasteiger partial charge is 0.491 e. The van der Waals surface area contributed by atoms with Crippen LogP contribution in [-0.4, -0.2) is 22.9 Å². The molecule has 1 unspecified atom stereocenters. The van der Waals surface area contributed by atoms with Gasteiger partial charge in [0.25, 0.3) is 0 Å². The Hall–Kier alpha value is -1.06. The maximum Gasteiger partial charge on any atom is 0.122 e. The number of aryl methyl sites for hydroxylation is 1. The molecule has 0 aromatic heterocycles. The van der Waals surface area contributed by atoms with Crippen LogP contribution in [0, 0.1) is 6.92 Å². The number of benzene rings is 1. The van der Waals surface area contributed by atoms with Gasteiger partial charge in [0, 0.05) is 13.0 Å². The first kappa shape index (κ1) is 13.0. The lowest BCUT2D eigenvalue weighted by atomic mass is 10.0. The Balaban J connectivity index is 2.82. The highest BCUT2D eigenvalue weighted by Gasteiger charge is 2.09. The summed E-state index contributed by atoms with van der Waals surface area (Å²) in [5, 5.41) is 18.5. The lowest BCUT2D eigenvalue weighted by Gasteiger charge is -2.15. The highest BCUT2D eigenvalue weighted by molar-refractivity contribution is 5.37. The van der Waals surface area contributed by atoms with E-state index in [4.69, 9.17) is 9.84 Å². The van der Waals surface area contributed by atoms with Crippen molar-refractivity contribution in [1.29, 1.82) is 0 Å². The summed E-state index contributed by atoms with van der Waals surface area (Å²) in [6.45, 7) is 5.90. The van der Waals surface area contributed by atoms with Crippen molar-refractivity contribution in [3.8, 4) is 5.75 Å².